The van der Waals surface area contributed by atoms with E-state index in [-0.39, 0.29) is 24.2 Å². The molecule has 0 aliphatic carbocycles. The molecule has 2 aliphatic heterocycles. The van der Waals surface area contributed by atoms with Crippen molar-refractivity contribution in [1.82, 2.24) is 10.3 Å². The summed E-state index contributed by atoms with van der Waals surface area (Å²) in [6.07, 6.45) is 7.54. The second-order valence-corrected chi connectivity index (χ2v) is 16.4. The highest BCUT2D eigenvalue weighted by molar-refractivity contribution is 6.74. The topological polar surface area (TPSA) is 118 Å². The Kier molecular flexibility index (Phi) is 13.1. The Morgan fingerprint density at radius 1 is 0.846 bits per heavy atom. The Balaban J connectivity index is 0.000000230. The van der Waals surface area contributed by atoms with Crippen LogP contribution in [0.1, 0.15) is 82.2 Å². The van der Waals surface area contributed by atoms with Gasteiger partial charge in [0.15, 0.2) is 32.4 Å². The second kappa shape index (κ2) is 16.0. The average molecular weight is 569 g/mol. The first-order valence-corrected chi connectivity index (χ1v) is 17.2. The summed E-state index contributed by atoms with van der Waals surface area (Å²) in [6.45, 7) is 14.4. The lowest BCUT2D eigenvalue weighted by atomic mass is 10.2. The van der Waals surface area contributed by atoms with Crippen molar-refractivity contribution in [3.63, 3.8) is 0 Å². The van der Waals surface area contributed by atoms with Crippen LogP contribution in [-0.2, 0) is 49.4 Å². The number of nitrogens with zero attached hydrogens (tertiary/aromatic N) is 2. The molecule has 2 aromatic rings. The van der Waals surface area contributed by atoms with E-state index in [4.69, 9.17) is 37.5 Å². The summed E-state index contributed by atoms with van der Waals surface area (Å²) in [7, 11) is -1.69. The maximum Gasteiger partial charge on any atom is 0.191 e. The summed E-state index contributed by atoms with van der Waals surface area (Å²) in [5.74, 6) is 1.43. The molecule has 0 radical (unpaired) electrons. The Hall–Kier alpha value is -1.60. The largest absolute Gasteiger partial charge is 0.416 e. The Morgan fingerprint density at radius 2 is 1.36 bits per heavy atom. The summed E-state index contributed by atoms with van der Waals surface area (Å²) < 4.78 is 38.8. The van der Waals surface area contributed by atoms with Gasteiger partial charge in [-0.15, -0.1) is 0 Å². The lowest BCUT2D eigenvalue weighted by molar-refractivity contribution is -0.171. The van der Waals surface area contributed by atoms with E-state index in [1.54, 1.807) is 6.07 Å². The first-order valence-electron chi connectivity index (χ1n) is 14.3. The van der Waals surface area contributed by atoms with Gasteiger partial charge in [-0.3, -0.25) is 0 Å². The van der Waals surface area contributed by atoms with Crippen molar-refractivity contribution < 1.29 is 37.5 Å². The van der Waals surface area contributed by atoms with E-state index in [1.807, 2.05) is 6.07 Å². The van der Waals surface area contributed by atoms with Crippen LogP contribution in [0.5, 0.6) is 0 Å². The monoisotopic (exact) mass is 568 g/mol. The molecule has 0 bridgehead atoms. The van der Waals surface area contributed by atoms with Crippen molar-refractivity contribution in [2.24, 2.45) is 0 Å². The smallest absolute Gasteiger partial charge is 0.191 e. The van der Waals surface area contributed by atoms with Crippen LogP contribution in [0.4, 0.5) is 0 Å². The normalized spacial score (nSPS) is 20.5. The van der Waals surface area contributed by atoms with Gasteiger partial charge in [0.05, 0.1) is 11.4 Å². The molecular weight excluding hydrogens is 520 g/mol. The van der Waals surface area contributed by atoms with Crippen LogP contribution in [0.2, 0.25) is 18.1 Å². The number of ether oxygens (including phenoxy) is 4. The minimum absolute atomic E-state index is 0.0819. The van der Waals surface area contributed by atoms with Crippen molar-refractivity contribution in [1.29, 1.82) is 0 Å². The summed E-state index contributed by atoms with van der Waals surface area (Å²) >= 11 is 0. The highest BCUT2D eigenvalue weighted by Crippen LogP contribution is 2.36. The van der Waals surface area contributed by atoms with Gasteiger partial charge in [0.1, 0.15) is 13.2 Å². The molecule has 2 unspecified atom stereocenters. The summed E-state index contributed by atoms with van der Waals surface area (Å²) in [5, 5.41) is 16.9. The third-order valence-corrected chi connectivity index (χ3v) is 11.8. The van der Waals surface area contributed by atoms with Gasteiger partial charge in [-0.25, -0.2) is 0 Å². The number of aliphatic hydroxyl groups excluding tert-OH is 1. The van der Waals surface area contributed by atoms with Crippen LogP contribution < -0.4 is 0 Å². The average Bonchev–Trinajstić information content (AvgIpc) is 3.57. The predicted molar refractivity (Wildman–Crippen MR) is 147 cm³/mol. The lowest BCUT2D eigenvalue weighted by Crippen LogP contribution is -2.41. The molecule has 2 aromatic heterocycles. The van der Waals surface area contributed by atoms with Crippen LogP contribution in [-0.4, -0.2) is 62.7 Å². The zero-order valence-electron chi connectivity index (χ0n) is 24.4. The van der Waals surface area contributed by atoms with E-state index in [2.05, 4.69) is 44.2 Å². The van der Waals surface area contributed by atoms with E-state index >= 15 is 0 Å². The molecule has 0 aromatic carbocycles. The fourth-order valence-electron chi connectivity index (χ4n) is 3.86. The third-order valence-electron chi connectivity index (χ3n) is 7.31. The first-order chi connectivity index (χ1) is 18.7. The second-order valence-electron chi connectivity index (χ2n) is 11.6. The number of hydrogen-bond donors (Lipinski definition) is 1. The maximum absolute atomic E-state index is 8.73. The van der Waals surface area contributed by atoms with Crippen molar-refractivity contribution in [3.8, 4) is 0 Å². The first kappa shape index (κ1) is 31.9. The fraction of sp³-hybridized carbons (Fsp3) is 0.786. The van der Waals surface area contributed by atoms with Crippen molar-refractivity contribution in [3.05, 3.63) is 35.0 Å². The van der Waals surface area contributed by atoms with Crippen LogP contribution in [0, 0.1) is 0 Å². The molecule has 1 N–H and O–H groups in total. The van der Waals surface area contributed by atoms with Crippen molar-refractivity contribution in [2.75, 3.05) is 26.4 Å². The van der Waals surface area contributed by atoms with Crippen LogP contribution in [0.3, 0.4) is 0 Å². The molecule has 39 heavy (non-hydrogen) atoms. The quantitative estimate of drug-likeness (QED) is 0.327. The van der Waals surface area contributed by atoms with Gasteiger partial charge in [0, 0.05) is 51.4 Å². The Bertz CT molecular complexity index is 930. The van der Waals surface area contributed by atoms with E-state index < -0.39 is 8.32 Å². The van der Waals surface area contributed by atoms with Crippen LogP contribution >= 0.6 is 0 Å². The van der Waals surface area contributed by atoms with Gasteiger partial charge in [0.2, 0.25) is 0 Å². The Morgan fingerprint density at radius 3 is 1.79 bits per heavy atom. The number of aliphatic hydroxyl groups is 1. The maximum atomic E-state index is 8.73. The molecule has 10 nitrogen and oxygen atoms in total. The van der Waals surface area contributed by atoms with Crippen molar-refractivity contribution >= 4 is 8.32 Å². The van der Waals surface area contributed by atoms with Gasteiger partial charge < -0.3 is 37.5 Å². The number of hydrogen-bond acceptors (Lipinski definition) is 10. The molecule has 2 saturated heterocycles. The zero-order chi connectivity index (χ0) is 28.1. The minimum Gasteiger partial charge on any atom is -0.416 e. The summed E-state index contributed by atoms with van der Waals surface area (Å²) in [4.78, 5) is 0. The van der Waals surface area contributed by atoms with E-state index in [9.17, 15) is 0 Å². The predicted octanol–water partition coefficient (Wildman–Crippen LogP) is 5.53. The molecule has 11 heteroatoms. The molecule has 222 valence electrons. The lowest BCUT2D eigenvalue weighted by Gasteiger charge is -2.36. The summed E-state index contributed by atoms with van der Waals surface area (Å²) in [5.41, 5.74) is 1.68. The zero-order valence-corrected chi connectivity index (χ0v) is 25.4. The SMILES string of the molecule is CC(C)(C)[Si](C)(C)OCCc1cc(COC2CCCCO2)on1.OCCc1cc(COC2CCCCO2)on1. The van der Waals surface area contributed by atoms with Gasteiger partial charge in [-0.05, 0) is 56.7 Å². The molecule has 4 heterocycles. The number of rotatable bonds is 12. The van der Waals surface area contributed by atoms with E-state index in [0.717, 1.165) is 75.3 Å². The summed E-state index contributed by atoms with van der Waals surface area (Å²) in [6, 6.07) is 3.76. The third kappa shape index (κ3) is 11.4. The Labute approximate surface area is 233 Å². The number of aromatic nitrogens is 2. The van der Waals surface area contributed by atoms with Gasteiger partial charge in [-0.2, -0.15) is 0 Å². The van der Waals surface area contributed by atoms with E-state index in [0.29, 0.717) is 32.0 Å². The molecule has 4 rings (SSSR count). The molecule has 2 fully saturated rings. The van der Waals surface area contributed by atoms with Crippen LogP contribution in [0.15, 0.2) is 21.2 Å². The van der Waals surface area contributed by atoms with Gasteiger partial charge in [0.25, 0.3) is 0 Å². The van der Waals surface area contributed by atoms with Gasteiger partial charge >= 0.3 is 0 Å². The minimum atomic E-state index is -1.69. The molecule has 2 aliphatic rings. The van der Waals surface area contributed by atoms with Gasteiger partial charge in [-0.1, -0.05) is 31.1 Å². The van der Waals surface area contributed by atoms with E-state index in [1.165, 1.54) is 0 Å². The highest BCUT2D eigenvalue weighted by Gasteiger charge is 2.36. The van der Waals surface area contributed by atoms with Crippen LogP contribution in [0.25, 0.3) is 0 Å². The molecule has 2 atom stereocenters. The molecule has 0 spiro atoms. The van der Waals surface area contributed by atoms with Crippen molar-refractivity contribution in [2.45, 2.75) is 116 Å². The molecule has 0 amide bonds. The fourth-order valence-corrected chi connectivity index (χ4v) is 4.91. The highest BCUT2D eigenvalue weighted by atomic mass is 28.4. The molecular formula is C28H48N2O8Si. The molecule has 0 saturated carbocycles. The standard InChI is InChI=1S/C17H31NO4Si.C11H17NO4/c1-17(2,3)23(4,5)21-11-9-14-12-15(22-18-14)13-20-16-8-6-7-10-19-16;13-5-4-9-7-10(16-12-9)8-15-11-3-1-2-6-14-11/h12,16H,6-11,13H2,1-5H3;7,11,13H,1-6,8H2.